The molecule has 1 atom stereocenters. The first-order valence-corrected chi connectivity index (χ1v) is 5.54. The van der Waals surface area contributed by atoms with Gasteiger partial charge in [-0.3, -0.25) is 0 Å². The molecule has 0 radical (unpaired) electrons. The molecular weight excluding hydrogens is 250 g/mol. The second-order valence-corrected chi connectivity index (χ2v) is 3.72. The van der Waals surface area contributed by atoms with Gasteiger partial charge in [0.1, 0.15) is 5.82 Å². The van der Waals surface area contributed by atoms with Gasteiger partial charge in [-0.05, 0) is 19.1 Å². The number of nitrogens with zero attached hydrogens (tertiary/aromatic N) is 3. The highest BCUT2D eigenvalue weighted by Crippen LogP contribution is 2.21. The van der Waals surface area contributed by atoms with E-state index in [0.29, 0.717) is 11.6 Å². The molecule has 2 rings (SSSR count). The van der Waals surface area contributed by atoms with Gasteiger partial charge in [0.15, 0.2) is 6.10 Å². The Morgan fingerprint density at radius 2 is 2.37 bits per heavy atom. The number of carbonyl (C=O) groups excluding carboxylic acids is 1. The molecule has 8 heteroatoms. The highest BCUT2D eigenvalue weighted by atomic mass is 16.6. The van der Waals surface area contributed by atoms with E-state index >= 15 is 0 Å². The Balaban J connectivity index is 2.22. The minimum absolute atomic E-state index is 0.177. The van der Waals surface area contributed by atoms with Crippen LogP contribution in [0.15, 0.2) is 22.9 Å². The summed E-state index contributed by atoms with van der Waals surface area (Å²) >= 11 is 0. The number of nitrogens with two attached hydrogens (primary N) is 1. The van der Waals surface area contributed by atoms with Crippen LogP contribution in [0.25, 0.3) is 11.4 Å². The van der Waals surface area contributed by atoms with Crippen LogP contribution < -0.4 is 11.1 Å². The number of pyridine rings is 1. The summed E-state index contributed by atoms with van der Waals surface area (Å²) in [7, 11) is 1.76. The first-order valence-electron chi connectivity index (χ1n) is 5.54. The molecule has 0 aliphatic rings. The third-order valence-corrected chi connectivity index (χ3v) is 2.36. The quantitative estimate of drug-likeness (QED) is 0.854. The minimum Gasteiger partial charge on any atom is -0.437 e. The molecular formula is C11H13N5O3. The molecule has 0 saturated carbocycles. The van der Waals surface area contributed by atoms with Crippen molar-refractivity contribution >= 4 is 11.9 Å². The van der Waals surface area contributed by atoms with Crippen LogP contribution >= 0.6 is 0 Å². The van der Waals surface area contributed by atoms with Crippen molar-refractivity contribution in [3.05, 3.63) is 24.2 Å². The zero-order chi connectivity index (χ0) is 13.8. The van der Waals surface area contributed by atoms with Gasteiger partial charge in [-0.1, -0.05) is 5.16 Å². The van der Waals surface area contributed by atoms with E-state index in [9.17, 15) is 4.79 Å². The molecule has 0 bridgehead atoms. The Bertz CT molecular complexity index is 583. The maximum absolute atomic E-state index is 10.6. The van der Waals surface area contributed by atoms with Crippen molar-refractivity contribution in [1.29, 1.82) is 0 Å². The lowest BCUT2D eigenvalue weighted by atomic mass is 10.2. The number of nitrogens with one attached hydrogen (secondary N) is 1. The maximum atomic E-state index is 10.6. The van der Waals surface area contributed by atoms with Crippen LogP contribution in [0.4, 0.5) is 10.6 Å². The lowest BCUT2D eigenvalue weighted by Gasteiger charge is -2.04. The predicted octanol–water partition coefficient (Wildman–Crippen LogP) is 1.33. The molecule has 100 valence electrons. The first-order chi connectivity index (χ1) is 9.10. The van der Waals surface area contributed by atoms with Crippen molar-refractivity contribution in [2.45, 2.75) is 13.0 Å². The van der Waals surface area contributed by atoms with Crippen molar-refractivity contribution in [2.75, 3.05) is 12.4 Å². The van der Waals surface area contributed by atoms with Gasteiger partial charge in [-0.2, -0.15) is 4.98 Å². The van der Waals surface area contributed by atoms with Gasteiger partial charge in [0.05, 0.1) is 0 Å². The van der Waals surface area contributed by atoms with Crippen LogP contribution in [-0.4, -0.2) is 28.3 Å². The Hall–Kier alpha value is -2.64. The van der Waals surface area contributed by atoms with Crippen molar-refractivity contribution in [1.82, 2.24) is 15.1 Å². The van der Waals surface area contributed by atoms with Gasteiger partial charge in [0.25, 0.3) is 5.89 Å². The number of primary amides is 1. The molecule has 0 spiro atoms. The van der Waals surface area contributed by atoms with E-state index in [0.717, 1.165) is 5.56 Å². The van der Waals surface area contributed by atoms with E-state index in [1.54, 1.807) is 32.3 Å². The van der Waals surface area contributed by atoms with Crippen LogP contribution in [0.1, 0.15) is 18.9 Å². The van der Waals surface area contributed by atoms with E-state index < -0.39 is 12.2 Å². The summed E-state index contributed by atoms with van der Waals surface area (Å²) in [6, 6.07) is 3.52. The second kappa shape index (κ2) is 5.34. The topological polar surface area (TPSA) is 116 Å². The van der Waals surface area contributed by atoms with Crippen LogP contribution in [-0.2, 0) is 4.74 Å². The number of amides is 1. The fraction of sp³-hybridized carbons (Fsp3) is 0.273. The molecule has 0 fully saturated rings. The predicted molar refractivity (Wildman–Crippen MR) is 66.2 cm³/mol. The van der Waals surface area contributed by atoms with Crippen LogP contribution in [0.3, 0.4) is 0 Å². The molecule has 0 aliphatic carbocycles. The monoisotopic (exact) mass is 263 g/mol. The Morgan fingerprint density at radius 3 is 3.05 bits per heavy atom. The largest absolute Gasteiger partial charge is 0.437 e. The number of rotatable bonds is 4. The van der Waals surface area contributed by atoms with Gasteiger partial charge >= 0.3 is 6.09 Å². The van der Waals surface area contributed by atoms with Crippen molar-refractivity contribution in [3.63, 3.8) is 0 Å². The van der Waals surface area contributed by atoms with E-state index in [4.69, 9.17) is 15.0 Å². The van der Waals surface area contributed by atoms with Crippen molar-refractivity contribution in [2.24, 2.45) is 5.73 Å². The molecule has 2 heterocycles. The standard InChI is InChI=1S/C11H13N5O3/c1-6(18-11(12)17)10-15-9(16-19-10)7-3-4-14-8(5-7)13-2/h3-6H,1-2H3,(H2,12,17)(H,13,14)/t6-/m0/s1. The van der Waals surface area contributed by atoms with Crippen LogP contribution in [0.2, 0.25) is 0 Å². The first kappa shape index (κ1) is 12.8. The lowest BCUT2D eigenvalue weighted by Crippen LogP contribution is -2.15. The SMILES string of the molecule is CNc1cc(-c2noc([C@H](C)OC(N)=O)n2)ccn1. The molecule has 0 aromatic carbocycles. The third kappa shape index (κ3) is 2.97. The minimum atomic E-state index is -0.895. The fourth-order valence-corrected chi connectivity index (χ4v) is 1.45. The average molecular weight is 263 g/mol. The molecule has 0 saturated heterocycles. The van der Waals surface area contributed by atoms with Gasteiger partial charge in [0, 0.05) is 18.8 Å². The second-order valence-electron chi connectivity index (χ2n) is 3.72. The molecule has 3 N–H and O–H groups in total. The Kier molecular flexibility index (Phi) is 3.60. The fourth-order valence-electron chi connectivity index (χ4n) is 1.45. The molecule has 2 aromatic rings. The van der Waals surface area contributed by atoms with Gasteiger partial charge < -0.3 is 20.3 Å². The number of anilines is 1. The highest BCUT2D eigenvalue weighted by molar-refractivity contribution is 5.65. The molecule has 0 unspecified atom stereocenters. The van der Waals surface area contributed by atoms with Crippen molar-refractivity contribution in [3.8, 4) is 11.4 Å². The summed E-state index contributed by atoms with van der Waals surface area (Å²) in [5.74, 6) is 1.25. The van der Waals surface area contributed by atoms with Crippen LogP contribution in [0.5, 0.6) is 0 Å². The average Bonchev–Trinajstić information content (AvgIpc) is 2.88. The van der Waals surface area contributed by atoms with Crippen LogP contribution in [0, 0.1) is 0 Å². The molecule has 2 aromatic heterocycles. The summed E-state index contributed by atoms with van der Waals surface area (Å²) in [5.41, 5.74) is 5.66. The third-order valence-electron chi connectivity index (χ3n) is 2.36. The molecule has 0 aliphatic heterocycles. The zero-order valence-electron chi connectivity index (χ0n) is 10.5. The Morgan fingerprint density at radius 1 is 1.58 bits per heavy atom. The van der Waals surface area contributed by atoms with Gasteiger partial charge in [0.2, 0.25) is 5.82 Å². The molecule has 19 heavy (non-hydrogen) atoms. The summed E-state index contributed by atoms with van der Waals surface area (Å²) in [5, 5.41) is 6.73. The smallest absolute Gasteiger partial charge is 0.405 e. The summed E-state index contributed by atoms with van der Waals surface area (Å²) < 4.78 is 9.77. The molecule has 1 amide bonds. The number of hydrogen-bond acceptors (Lipinski definition) is 7. The zero-order valence-corrected chi connectivity index (χ0v) is 10.5. The number of hydrogen-bond donors (Lipinski definition) is 2. The lowest BCUT2D eigenvalue weighted by molar-refractivity contribution is 0.0959. The summed E-state index contributed by atoms with van der Waals surface area (Å²) in [6.45, 7) is 1.59. The highest BCUT2D eigenvalue weighted by Gasteiger charge is 2.18. The summed E-state index contributed by atoms with van der Waals surface area (Å²) in [6.07, 6.45) is 0.0403. The normalized spacial score (nSPS) is 11.9. The maximum Gasteiger partial charge on any atom is 0.405 e. The Labute approximate surface area is 109 Å². The van der Waals surface area contributed by atoms with E-state index in [-0.39, 0.29) is 5.89 Å². The van der Waals surface area contributed by atoms with Crippen molar-refractivity contribution < 1.29 is 14.1 Å². The van der Waals surface area contributed by atoms with E-state index in [1.165, 1.54) is 0 Å². The number of ether oxygens (including phenoxy) is 1. The van der Waals surface area contributed by atoms with Gasteiger partial charge in [-0.25, -0.2) is 9.78 Å². The van der Waals surface area contributed by atoms with E-state index in [1.807, 2.05) is 0 Å². The summed E-state index contributed by atoms with van der Waals surface area (Å²) in [4.78, 5) is 18.9. The molecule has 8 nitrogen and oxygen atoms in total. The number of carbonyl (C=O) groups is 1. The van der Waals surface area contributed by atoms with E-state index in [2.05, 4.69) is 20.4 Å². The van der Waals surface area contributed by atoms with Gasteiger partial charge in [-0.15, -0.1) is 0 Å². The number of aromatic nitrogens is 3.